The van der Waals surface area contributed by atoms with Crippen LogP contribution in [0.3, 0.4) is 0 Å². The van der Waals surface area contributed by atoms with Crippen LogP contribution in [-0.2, 0) is 4.79 Å². The van der Waals surface area contributed by atoms with Crippen LogP contribution in [0.5, 0.6) is 0 Å². The predicted octanol–water partition coefficient (Wildman–Crippen LogP) is 1.24. The number of rotatable bonds is 6. The Morgan fingerprint density at radius 3 is 2.89 bits per heavy atom. The van der Waals surface area contributed by atoms with Crippen molar-refractivity contribution in [2.75, 3.05) is 13.1 Å². The van der Waals surface area contributed by atoms with Crippen molar-refractivity contribution in [2.24, 2.45) is 5.73 Å². The molecule has 6 nitrogen and oxygen atoms in total. The molecule has 3 N–H and O–H groups in total. The summed E-state index contributed by atoms with van der Waals surface area (Å²) in [7, 11) is 0. The van der Waals surface area contributed by atoms with E-state index < -0.39 is 4.92 Å². The summed E-state index contributed by atoms with van der Waals surface area (Å²) >= 11 is 0. The number of nitrogens with two attached hydrogens (primary N) is 1. The molecule has 0 radical (unpaired) electrons. The average Bonchev–Trinajstić information content (AvgIpc) is 2.41. The van der Waals surface area contributed by atoms with Crippen LogP contribution in [0.4, 0.5) is 5.69 Å². The van der Waals surface area contributed by atoms with Crippen molar-refractivity contribution in [2.45, 2.75) is 0 Å². The average molecular weight is 261 g/mol. The number of nitrogens with zero attached hydrogens (tertiary/aromatic N) is 1. The lowest BCUT2D eigenvalue weighted by Gasteiger charge is -1.97. The highest BCUT2D eigenvalue weighted by molar-refractivity contribution is 5.91. The zero-order valence-electron chi connectivity index (χ0n) is 10.3. The van der Waals surface area contributed by atoms with Gasteiger partial charge >= 0.3 is 0 Å². The molecule has 0 aliphatic rings. The van der Waals surface area contributed by atoms with Crippen molar-refractivity contribution in [1.29, 1.82) is 0 Å². The first kappa shape index (κ1) is 14.6. The third kappa shape index (κ3) is 5.60. The van der Waals surface area contributed by atoms with Crippen LogP contribution in [0.25, 0.3) is 6.08 Å². The second-order valence-corrected chi connectivity index (χ2v) is 3.64. The van der Waals surface area contributed by atoms with Gasteiger partial charge in [-0.15, -0.1) is 0 Å². The van der Waals surface area contributed by atoms with E-state index in [1.165, 1.54) is 24.3 Å². The summed E-state index contributed by atoms with van der Waals surface area (Å²) in [4.78, 5) is 21.5. The van der Waals surface area contributed by atoms with Gasteiger partial charge in [0.15, 0.2) is 0 Å². The molecule has 0 aliphatic heterocycles. The summed E-state index contributed by atoms with van der Waals surface area (Å²) < 4.78 is 0. The van der Waals surface area contributed by atoms with Gasteiger partial charge in [0.25, 0.3) is 5.69 Å². The van der Waals surface area contributed by atoms with Gasteiger partial charge in [0.2, 0.25) is 5.91 Å². The Labute approximate surface area is 110 Å². The zero-order chi connectivity index (χ0) is 14.1. The molecule has 100 valence electrons. The van der Waals surface area contributed by atoms with Crippen molar-refractivity contribution in [3.8, 4) is 0 Å². The van der Waals surface area contributed by atoms with Crippen LogP contribution in [0, 0.1) is 10.1 Å². The fourth-order valence-corrected chi connectivity index (χ4v) is 1.31. The highest BCUT2D eigenvalue weighted by Crippen LogP contribution is 2.13. The van der Waals surface area contributed by atoms with Crippen molar-refractivity contribution in [3.05, 3.63) is 58.2 Å². The second-order valence-electron chi connectivity index (χ2n) is 3.64. The Hall–Kier alpha value is -2.47. The fraction of sp³-hybridized carbons (Fsp3) is 0.154. The molecule has 0 spiro atoms. The van der Waals surface area contributed by atoms with Gasteiger partial charge in [-0.25, -0.2) is 0 Å². The first-order chi connectivity index (χ1) is 9.13. The molecule has 19 heavy (non-hydrogen) atoms. The maximum Gasteiger partial charge on any atom is 0.270 e. The quantitative estimate of drug-likeness (QED) is 0.348. The number of benzene rings is 1. The van der Waals surface area contributed by atoms with Crippen LogP contribution in [-0.4, -0.2) is 23.9 Å². The smallest absolute Gasteiger partial charge is 0.270 e. The minimum atomic E-state index is -0.477. The van der Waals surface area contributed by atoms with Crippen LogP contribution >= 0.6 is 0 Å². The van der Waals surface area contributed by atoms with E-state index in [9.17, 15) is 14.9 Å². The molecule has 0 bridgehead atoms. The maximum absolute atomic E-state index is 11.4. The van der Waals surface area contributed by atoms with E-state index in [0.717, 1.165) is 0 Å². The number of nitrogens with one attached hydrogen (secondary N) is 1. The number of carbonyl (C=O) groups is 1. The SMILES string of the molecule is NC/C=C/CNC(=O)/C=C/c1cccc([N+](=O)[O-])c1. The van der Waals surface area contributed by atoms with Gasteiger partial charge in [0.1, 0.15) is 0 Å². The monoisotopic (exact) mass is 261 g/mol. The van der Waals surface area contributed by atoms with Crippen LogP contribution in [0.15, 0.2) is 42.5 Å². The molecule has 0 saturated heterocycles. The molecule has 1 aromatic rings. The minimum Gasteiger partial charge on any atom is -0.349 e. The Balaban J connectivity index is 2.56. The molecule has 1 rings (SSSR count). The summed E-state index contributed by atoms with van der Waals surface area (Å²) in [5, 5.41) is 13.2. The molecule has 0 aliphatic carbocycles. The zero-order valence-corrected chi connectivity index (χ0v) is 10.3. The summed E-state index contributed by atoms with van der Waals surface area (Å²) in [6.45, 7) is 0.828. The van der Waals surface area contributed by atoms with E-state index in [4.69, 9.17) is 5.73 Å². The lowest BCUT2D eigenvalue weighted by Crippen LogP contribution is -2.20. The van der Waals surface area contributed by atoms with E-state index in [0.29, 0.717) is 18.7 Å². The second kappa shape index (κ2) is 7.78. The van der Waals surface area contributed by atoms with Gasteiger partial charge in [0.05, 0.1) is 4.92 Å². The van der Waals surface area contributed by atoms with Gasteiger partial charge in [-0.2, -0.15) is 0 Å². The van der Waals surface area contributed by atoms with E-state index in [1.807, 2.05) is 0 Å². The van der Waals surface area contributed by atoms with Crippen LogP contribution in [0.1, 0.15) is 5.56 Å². The number of hydrogen-bond acceptors (Lipinski definition) is 4. The molecule has 0 fully saturated rings. The summed E-state index contributed by atoms with van der Waals surface area (Å²) in [5.74, 6) is -0.270. The third-order valence-electron chi connectivity index (χ3n) is 2.21. The molecule has 0 aromatic heterocycles. The molecule has 1 amide bonds. The van der Waals surface area contributed by atoms with Gasteiger partial charge in [-0.05, 0) is 11.6 Å². The van der Waals surface area contributed by atoms with Crippen molar-refractivity contribution < 1.29 is 9.72 Å². The van der Waals surface area contributed by atoms with Crippen LogP contribution in [0.2, 0.25) is 0 Å². The molecule has 0 unspecified atom stereocenters. The summed E-state index contributed by atoms with van der Waals surface area (Å²) in [5.41, 5.74) is 5.84. The third-order valence-corrected chi connectivity index (χ3v) is 2.21. The predicted molar refractivity (Wildman–Crippen MR) is 73.3 cm³/mol. The number of carbonyl (C=O) groups excluding carboxylic acids is 1. The van der Waals surface area contributed by atoms with E-state index in [1.54, 1.807) is 24.3 Å². The van der Waals surface area contributed by atoms with Crippen molar-refractivity contribution in [1.82, 2.24) is 5.32 Å². The summed E-state index contributed by atoms with van der Waals surface area (Å²) in [6.07, 6.45) is 6.34. The van der Waals surface area contributed by atoms with Crippen molar-refractivity contribution >= 4 is 17.7 Å². The molecule has 0 atom stereocenters. The number of hydrogen-bond donors (Lipinski definition) is 2. The lowest BCUT2D eigenvalue weighted by molar-refractivity contribution is -0.384. The fourth-order valence-electron chi connectivity index (χ4n) is 1.31. The Kier molecular flexibility index (Phi) is 5.97. The molecule has 6 heteroatoms. The molecular weight excluding hydrogens is 246 g/mol. The van der Waals surface area contributed by atoms with Gasteiger partial charge in [-0.3, -0.25) is 14.9 Å². The van der Waals surface area contributed by atoms with E-state index >= 15 is 0 Å². The Morgan fingerprint density at radius 1 is 1.42 bits per heavy atom. The molecule has 0 heterocycles. The minimum absolute atomic E-state index is 0.00608. The first-order valence-corrected chi connectivity index (χ1v) is 5.69. The number of nitro benzene ring substituents is 1. The van der Waals surface area contributed by atoms with Gasteiger partial charge in [-0.1, -0.05) is 24.3 Å². The number of non-ortho nitro benzene ring substituents is 1. The number of amides is 1. The van der Waals surface area contributed by atoms with E-state index in [2.05, 4.69) is 5.32 Å². The largest absolute Gasteiger partial charge is 0.349 e. The summed E-state index contributed by atoms with van der Waals surface area (Å²) in [6, 6.07) is 6.05. The Bertz CT molecular complexity index is 510. The topological polar surface area (TPSA) is 98.3 Å². The van der Waals surface area contributed by atoms with Crippen LogP contribution < -0.4 is 11.1 Å². The molecule has 0 saturated carbocycles. The normalized spacial score (nSPS) is 11.0. The first-order valence-electron chi connectivity index (χ1n) is 5.69. The van der Waals surface area contributed by atoms with Gasteiger partial charge in [0, 0.05) is 31.3 Å². The Morgan fingerprint density at radius 2 is 2.21 bits per heavy atom. The maximum atomic E-state index is 11.4. The highest BCUT2D eigenvalue weighted by atomic mass is 16.6. The molecular formula is C13H15N3O3. The number of nitro groups is 1. The molecule has 1 aromatic carbocycles. The van der Waals surface area contributed by atoms with E-state index in [-0.39, 0.29) is 11.6 Å². The highest BCUT2D eigenvalue weighted by Gasteiger charge is 2.03. The standard InChI is InChI=1S/C13H15N3O3/c14-8-1-2-9-15-13(17)7-6-11-4-3-5-12(10-11)16(18)19/h1-7,10H,8-9,14H2,(H,15,17)/b2-1+,7-6+. The van der Waals surface area contributed by atoms with Crippen molar-refractivity contribution in [3.63, 3.8) is 0 Å². The van der Waals surface area contributed by atoms with Gasteiger partial charge < -0.3 is 11.1 Å². The lowest BCUT2D eigenvalue weighted by atomic mass is 10.2.